The Bertz CT molecular complexity index is 758. The van der Waals surface area contributed by atoms with Crippen LogP contribution in [0.1, 0.15) is 87.0 Å². The van der Waals surface area contributed by atoms with Gasteiger partial charge < -0.3 is 19.7 Å². The van der Waals surface area contributed by atoms with Crippen LogP contribution in [0.2, 0.25) is 0 Å². The number of Topliss-reactive ketones (excluding diaryl/α,β-unsaturated/α-hetero) is 1. The zero-order valence-electron chi connectivity index (χ0n) is 19.9. The van der Waals surface area contributed by atoms with Crippen molar-refractivity contribution in [1.82, 2.24) is 0 Å². The van der Waals surface area contributed by atoms with Crippen molar-refractivity contribution in [3.8, 4) is 0 Å². The Kier molecular flexibility index (Phi) is 7.43. The first kappa shape index (κ1) is 25.5. The van der Waals surface area contributed by atoms with E-state index in [1.807, 2.05) is 27.7 Å². The highest BCUT2D eigenvalue weighted by Crippen LogP contribution is 2.51. The molecule has 176 valence electrons. The normalized spacial score (nSPS) is 26.7. The molecule has 0 radical (unpaired) electrons. The van der Waals surface area contributed by atoms with E-state index in [1.54, 1.807) is 0 Å². The zero-order valence-corrected chi connectivity index (χ0v) is 19.9. The molecule has 2 rings (SSSR count). The number of ether oxygens (including phenoxy) is 2. The maximum Gasteiger partial charge on any atom is 0.311 e. The van der Waals surface area contributed by atoms with Crippen LogP contribution in [0, 0.1) is 10.8 Å². The van der Waals surface area contributed by atoms with Gasteiger partial charge in [0.1, 0.15) is 17.8 Å². The average Bonchev–Trinajstić information content (AvgIpc) is 2.62. The lowest BCUT2D eigenvalue weighted by molar-refractivity contribution is -0.174. The molecule has 2 N–H and O–H groups in total. The SMILES string of the molecule is CC(=O)OC(C)(C)C(O)C(O)CC1=C2CCC[C@H](OC(=O)C(C)(C)C)[C@@]2(C)CCC1=O. The van der Waals surface area contributed by atoms with Gasteiger partial charge in [0.25, 0.3) is 0 Å². The summed E-state index contributed by atoms with van der Waals surface area (Å²) < 4.78 is 11.1. The van der Waals surface area contributed by atoms with Gasteiger partial charge in [-0.15, -0.1) is 0 Å². The Morgan fingerprint density at radius 1 is 1.16 bits per heavy atom. The number of carbonyl (C=O) groups is 3. The highest BCUT2D eigenvalue weighted by molar-refractivity contribution is 5.97. The van der Waals surface area contributed by atoms with Crippen LogP contribution in [0.4, 0.5) is 0 Å². The molecule has 0 heterocycles. The van der Waals surface area contributed by atoms with Crippen LogP contribution in [0.25, 0.3) is 0 Å². The van der Waals surface area contributed by atoms with Gasteiger partial charge in [0.15, 0.2) is 5.78 Å². The fourth-order valence-electron chi connectivity index (χ4n) is 4.71. The number of fused-ring (bicyclic) bond motifs is 1. The van der Waals surface area contributed by atoms with Crippen LogP contribution in [0.5, 0.6) is 0 Å². The summed E-state index contributed by atoms with van der Waals surface area (Å²) in [5.41, 5.74) is -0.963. The molecule has 0 spiro atoms. The first-order chi connectivity index (χ1) is 14.1. The fraction of sp³-hybridized carbons (Fsp3) is 0.792. The molecule has 4 atom stereocenters. The summed E-state index contributed by atoms with van der Waals surface area (Å²) in [6, 6.07) is 0. The number of hydrogen-bond donors (Lipinski definition) is 2. The molecule has 0 aromatic carbocycles. The first-order valence-corrected chi connectivity index (χ1v) is 11.1. The largest absolute Gasteiger partial charge is 0.461 e. The third-order valence-corrected chi connectivity index (χ3v) is 6.62. The Morgan fingerprint density at radius 3 is 2.32 bits per heavy atom. The van der Waals surface area contributed by atoms with Gasteiger partial charge in [0.05, 0.1) is 11.5 Å². The first-order valence-electron chi connectivity index (χ1n) is 11.1. The van der Waals surface area contributed by atoms with E-state index in [-0.39, 0.29) is 24.3 Å². The molecule has 31 heavy (non-hydrogen) atoms. The van der Waals surface area contributed by atoms with E-state index in [9.17, 15) is 24.6 Å². The maximum absolute atomic E-state index is 12.8. The summed E-state index contributed by atoms with van der Waals surface area (Å²) >= 11 is 0. The lowest BCUT2D eigenvalue weighted by Crippen LogP contribution is -2.49. The summed E-state index contributed by atoms with van der Waals surface area (Å²) in [4.78, 5) is 36.7. The summed E-state index contributed by atoms with van der Waals surface area (Å²) in [5.74, 6) is -0.876. The molecule has 7 nitrogen and oxygen atoms in total. The van der Waals surface area contributed by atoms with Gasteiger partial charge in [-0.05, 0) is 65.9 Å². The second kappa shape index (κ2) is 9.02. The highest BCUT2D eigenvalue weighted by atomic mass is 16.6. The number of aliphatic hydroxyl groups is 2. The van der Waals surface area contributed by atoms with E-state index in [0.29, 0.717) is 24.8 Å². The Hall–Kier alpha value is -1.73. The minimum atomic E-state index is -1.36. The van der Waals surface area contributed by atoms with E-state index in [1.165, 1.54) is 20.8 Å². The lowest BCUT2D eigenvalue weighted by Gasteiger charge is -2.47. The molecule has 0 amide bonds. The van der Waals surface area contributed by atoms with Gasteiger partial charge in [-0.1, -0.05) is 12.5 Å². The van der Waals surface area contributed by atoms with Crippen LogP contribution in [0.3, 0.4) is 0 Å². The van der Waals surface area contributed by atoms with Gasteiger partial charge in [0.2, 0.25) is 0 Å². The second-order valence-corrected chi connectivity index (χ2v) is 10.7. The van der Waals surface area contributed by atoms with Gasteiger partial charge in [-0.25, -0.2) is 0 Å². The maximum atomic E-state index is 12.8. The molecule has 2 aliphatic rings. The smallest absolute Gasteiger partial charge is 0.311 e. The molecule has 2 aliphatic carbocycles. The zero-order chi connectivity index (χ0) is 23.8. The van der Waals surface area contributed by atoms with Crippen LogP contribution < -0.4 is 0 Å². The van der Waals surface area contributed by atoms with Crippen LogP contribution in [0.15, 0.2) is 11.1 Å². The third-order valence-electron chi connectivity index (χ3n) is 6.62. The van der Waals surface area contributed by atoms with E-state index in [4.69, 9.17) is 9.47 Å². The van der Waals surface area contributed by atoms with Gasteiger partial charge in [-0.3, -0.25) is 14.4 Å². The monoisotopic (exact) mass is 438 g/mol. The van der Waals surface area contributed by atoms with E-state index >= 15 is 0 Å². The van der Waals surface area contributed by atoms with Gasteiger partial charge in [0, 0.05) is 25.2 Å². The number of ketones is 1. The average molecular weight is 439 g/mol. The predicted molar refractivity (Wildman–Crippen MR) is 115 cm³/mol. The Morgan fingerprint density at radius 2 is 1.77 bits per heavy atom. The number of carbonyl (C=O) groups excluding carboxylic acids is 3. The van der Waals surface area contributed by atoms with Crippen LogP contribution in [-0.4, -0.2) is 51.8 Å². The van der Waals surface area contributed by atoms with E-state index in [0.717, 1.165) is 18.4 Å². The molecule has 0 aromatic heterocycles. The molecule has 0 aromatic rings. The number of rotatable bonds is 6. The van der Waals surface area contributed by atoms with Crippen molar-refractivity contribution in [2.24, 2.45) is 10.8 Å². The van der Waals surface area contributed by atoms with Crippen molar-refractivity contribution in [2.45, 2.75) is 111 Å². The summed E-state index contributed by atoms with van der Waals surface area (Å²) in [5, 5.41) is 21.3. The van der Waals surface area contributed by atoms with E-state index in [2.05, 4.69) is 0 Å². The van der Waals surface area contributed by atoms with Crippen LogP contribution in [-0.2, 0) is 23.9 Å². The van der Waals surface area contributed by atoms with Crippen molar-refractivity contribution < 1.29 is 34.1 Å². The number of aliphatic hydroxyl groups excluding tert-OH is 2. The standard InChI is InChI=1S/C24H38O7/c1-14(25)31-23(5,6)20(28)18(27)13-15-16-9-8-10-19(30-21(29)22(2,3)4)24(16,7)12-11-17(15)26/h18-20,27-28H,8-13H2,1-7H3/t18?,19-,20?,24-/m0/s1. The van der Waals surface area contributed by atoms with Crippen molar-refractivity contribution in [3.63, 3.8) is 0 Å². The quantitative estimate of drug-likeness (QED) is 0.613. The fourth-order valence-corrected chi connectivity index (χ4v) is 4.71. The molecule has 0 saturated heterocycles. The van der Waals surface area contributed by atoms with Crippen LogP contribution >= 0.6 is 0 Å². The molecule has 7 heteroatoms. The molecule has 0 bridgehead atoms. The molecule has 1 fully saturated rings. The molecular weight excluding hydrogens is 400 g/mol. The highest BCUT2D eigenvalue weighted by Gasteiger charge is 2.48. The Labute approximate surface area is 185 Å². The minimum absolute atomic E-state index is 0.0322. The van der Waals surface area contributed by atoms with Crippen molar-refractivity contribution in [1.29, 1.82) is 0 Å². The van der Waals surface area contributed by atoms with Gasteiger partial charge >= 0.3 is 11.9 Å². The lowest BCUT2D eigenvalue weighted by atomic mass is 9.61. The van der Waals surface area contributed by atoms with Crippen molar-refractivity contribution >= 4 is 17.7 Å². The molecule has 1 saturated carbocycles. The minimum Gasteiger partial charge on any atom is -0.461 e. The summed E-state index contributed by atoms with van der Waals surface area (Å²) in [6.07, 6.45) is 0.0940. The molecule has 0 aliphatic heterocycles. The predicted octanol–water partition coefficient (Wildman–Crippen LogP) is 3.25. The molecular formula is C24H38O7. The summed E-state index contributed by atoms with van der Waals surface area (Å²) in [6.45, 7) is 11.8. The molecule has 2 unspecified atom stereocenters. The number of esters is 2. The topological polar surface area (TPSA) is 110 Å². The second-order valence-electron chi connectivity index (χ2n) is 10.7. The van der Waals surface area contributed by atoms with E-state index < -0.39 is 34.6 Å². The van der Waals surface area contributed by atoms with Crippen molar-refractivity contribution in [3.05, 3.63) is 11.1 Å². The van der Waals surface area contributed by atoms with Gasteiger partial charge in [-0.2, -0.15) is 0 Å². The third kappa shape index (κ3) is 5.55. The summed E-state index contributed by atoms with van der Waals surface area (Å²) in [7, 11) is 0. The van der Waals surface area contributed by atoms with Crippen molar-refractivity contribution in [2.75, 3.05) is 0 Å². The number of hydrogen-bond acceptors (Lipinski definition) is 7. The Balaban J connectivity index is 2.31.